The highest BCUT2D eigenvalue weighted by molar-refractivity contribution is 5.84. The van der Waals surface area contributed by atoms with E-state index in [0.29, 0.717) is 0 Å². The van der Waals surface area contributed by atoms with Crippen molar-refractivity contribution in [3.63, 3.8) is 0 Å². The van der Waals surface area contributed by atoms with Crippen LogP contribution in [0.1, 0.15) is 83.6 Å². The van der Waals surface area contributed by atoms with Crippen LogP contribution in [0.2, 0.25) is 0 Å². The Morgan fingerprint density at radius 3 is 2.32 bits per heavy atom. The van der Waals surface area contributed by atoms with Crippen molar-refractivity contribution in [1.82, 2.24) is 4.90 Å². The molecule has 1 saturated heterocycles. The quantitative estimate of drug-likeness (QED) is 0.421. The predicted molar refractivity (Wildman–Crippen MR) is 118 cm³/mol. The highest BCUT2D eigenvalue weighted by Crippen LogP contribution is 2.15. The molecule has 1 aliphatic heterocycles. The molecule has 158 valence electrons. The molecule has 0 radical (unpaired) electrons. The largest absolute Gasteiger partial charge is 0.445 e. The maximum absolute atomic E-state index is 12.1. The van der Waals surface area contributed by atoms with Gasteiger partial charge in [0.15, 0.2) is 0 Å². The van der Waals surface area contributed by atoms with E-state index in [1.165, 1.54) is 69.8 Å². The maximum atomic E-state index is 12.1. The van der Waals surface area contributed by atoms with Gasteiger partial charge in [-0.2, -0.15) is 0 Å². The number of hydrogen-bond acceptors (Lipinski definition) is 3. The Morgan fingerprint density at radius 1 is 1.00 bits per heavy atom. The molecule has 1 fully saturated rings. The van der Waals surface area contributed by atoms with Gasteiger partial charge >= 0.3 is 6.09 Å². The second-order valence-electron chi connectivity index (χ2n) is 8.27. The van der Waals surface area contributed by atoms with Crippen molar-refractivity contribution >= 4 is 11.8 Å². The molecular formula is C24H40N2O2. The fraction of sp³-hybridized carbons (Fsp3) is 0.708. The minimum absolute atomic E-state index is 0.0882. The van der Waals surface area contributed by atoms with Gasteiger partial charge in [0.25, 0.3) is 0 Å². The summed E-state index contributed by atoms with van der Waals surface area (Å²) in [6, 6.07) is 8.19. The molecule has 4 heteroatoms. The summed E-state index contributed by atoms with van der Waals surface area (Å²) in [5.74, 6) is 0. The fourth-order valence-electron chi connectivity index (χ4n) is 3.91. The van der Waals surface area contributed by atoms with Crippen molar-refractivity contribution in [3.05, 3.63) is 29.8 Å². The average molecular weight is 389 g/mol. The lowest BCUT2D eigenvalue weighted by Crippen LogP contribution is -2.37. The summed E-state index contributed by atoms with van der Waals surface area (Å²) >= 11 is 0. The third-order valence-electron chi connectivity index (χ3n) is 5.54. The van der Waals surface area contributed by atoms with Crippen molar-refractivity contribution < 1.29 is 9.53 Å². The van der Waals surface area contributed by atoms with Crippen LogP contribution in [0.5, 0.6) is 0 Å². The van der Waals surface area contributed by atoms with E-state index < -0.39 is 0 Å². The predicted octanol–water partition coefficient (Wildman–Crippen LogP) is 6.40. The van der Waals surface area contributed by atoms with Gasteiger partial charge < -0.3 is 4.74 Å². The molecular weight excluding hydrogens is 348 g/mol. The number of amides is 1. The maximum Gasteiger partial charge on any atom is 0.411 e. The van der Waals surface area contributed by atoms with E-state index in [2.05, 4.69) is 29.3 Å². The van der Waals surface area contributed by atoms with E-state index >= 15 is 0 Å². The highest BCUT2D eigenvalue weighted by atomic mass is 16.6. The Hall–Kier alpha value is -1.55. The molecule has 1 aromatic rings. The monoisotopic (exact) mass is 388 g/mol. The second-order valence-corrected chi connectivity index (χ2v) is 8.27. The smallest absolute Gasteiger partial charge is 0.411 e. The van der Waals surface area contributed by atoms with Crippen LogP contribution < -0.4 is 5.32 Å². The van der Waals surface area contributed by atoms with Crippen LogP contribution in [0.3, 0.4) is 0 Å². The molecule has 0 spiro atoms. The first-order chi connectivity index (χ1) is 13.7. The zero-order chi connectivity index (χ0) is 20.0. The van der Waals surface area contributed by atoms with Gasteiger partial charge in [-0.05, 0) is 63.4 Å². The summed E-state index contributed by atoms with van der Waals surface area (Å²) in [6.07, 6.45) is 13.8. The number of likely N-dealkylation sites (tertiary alicyclic amines) is 1. The Balaban J connectivity index is 1.60. The first-order valence-corrected chi connectivity index (χ1v) is 11.5. The normalized spacial score (nSPS) is 15.9. The van der Waals surface area contributed by atoms with Gasteiger partial charge in [0.05, 0.1) is 0 Å². The van der Waals surface area contributed by atoms with E-state index in [4.69, 9.17) is 4.74 Å². The van der Waals surface area contributed by atoms with Crippen LogP contribution in [0, 0.1) is 0 Å². The number of nitrogens with one attached hydrogen (secondary N) is 1. The molecule has 0 bridgehead atoms. The number of rotatable bonds is 12. The standard InChI is InChI=1S/C24H40N2O2/c1-3-4-5-6-7-8-10-13-22-14-16-23(17-15-22)25-24(27)28-21(2)20-26-18-11-9-12-19-26/h14-17,21H,3-13,18-20H2,1-2H3,(H,25,27)/t21-/m1/s1. The van der Waals surface area contributed by atoms with E-state index in [1.54, 1.807) is 0 Å². The minimum atomic E-state index is -0.357. The number of unbranched alkanes of at least 4 members (excludes halogenated alkanes) is 6. The lowest BCUT2D eigenvalue weighted by atomic mass is 10.0. The minimum Gasteiger partial charge on any atom is -0.445 e. The zero-order valence-corrected chi connectivity index (χ0v) is 18.0. The van der Waals surface area contributed by atoms with Crippen molar-refractivity contribution in [2.45, 2.75) is 90.6 Å². The molecule has 0 unspecified atom stereocenters. The van der Waals surface area contributed by atoms with Crippen molar-refractivity contribution in [3.8, 4) is 0 Å². The molecule has 28 heavy (non-hydrogen) atoms. The number of nitrogens with zero attached hydrogens (tertiary/aromatic N) is 1. The molecule has 1 aliphatic rings. The fourth-order valence-corrected chi connectivity index (χ4v) is 3.91. The third kappa shape index (κ3) is 9.59. The number of ether oxygens (including phenoxy) is 1. The molecule has 1 N–H and O–H groups in total. The third-order valence-corrected chi connectivity index (χ3v) is 5.54. The second kappa shape index (κ2) is 13.6. The number of anilines is 1. The van der Waals surface area contributed by atoms with Crippen LogP contribution in [0.15, 0.2) is 24.3 Å². The topological polar surface area (TPSA) is 41.6 Å². The van der Waals surface area contributed by atoms with E-state index in [1.807, 2.05) is 19.1 Å². The van der Waals surface area contributed by atoms with Gasteiger partial charge in [0, 0.05) is 12.2 Å². The Labute approximate surface area is 172 Å². The van der Waals surface area contributed by atoms with E-state index in [-0.39, 0.29) is 12.2 Å². The van der Waals surface area contributed by atoms with Crippen molar-refractivity contribution in [2.75, 3.05) is 25.0 Å². The van der Waals surface area contributed by atoms with Gasteiger partial charge in [-0.1, -0.05) is 64.0 Å². The number of benzene rings is 1. The Kier molecular flexibility index (Phi) is 11.0. The van der Waals surface area contributed by atoms with Gasteiger partial charge in [-0.15, -0.1) is 0 Å². The van der Waals surface area contributed by atoms with Crippen LogP contribution in [-0.2, 0) is 11.2 Å². The van der Waals surface area contributed by atoms with Crippen LogP contribution >= 0.6 is 0 Å². The summed E-state index contributed by atoms with van der Waals surface area (Å²) in [6.45, 7) is 7.30. The molecule has 2 rings (SSSR count). The summed E-state index contributed by atoms with van der Waals surface area (Å²) in [5, 5.41) is 2.85. The molecule has 1 atom stereocenters. The van der Waals surface area contributed by atoms with Gasteiger partial charge in [-0.3, -0.25) is 10.2 Å². The van der Waals surface area contributed by atoms with Gasteiger partial charge in [-0.25, -0.2) is 4.79 Å². The summed E-state index contributed by atoms with van der Waals surface area (Å²) in [7, 11) is 0. The Bertz CT molecular complexity index is 538. The highest BCUT2D eigenvalue weighted by Gasteiger charge is 2.16. The molecule has 1 amide bonds. The van der Waals surface area contributed by atoms with Crippen LogP contribution in [0.4, 0.5) is 10.5 Å². The number of carbonyl (C=O) groups excluding carboxylic acids is 1. The zero-order valence-electron chi connectivity index (χ0n) is 18.0. The van der Waals surface area contributed by atoms with Gasteiger partial charge in [0.1, 0.15) is 6.10 Å². The summed E-state index contributed by atoms with van der Waals surface area (Å²) in [5.41, 5.74) is 2.14. The number of hydrogen-bond donors (Lipinski definition) is 1. The number of carbonyl (C=O) groups is 1. The van der Waals surface area contributed by atoms with E-state index in [9.17, 15) is 4.79 Å². The van der Waals surface area contributed by atoms with Crippen LogP contribution in [-0.4, -0.2) is 36.7 Å². The van der Waals surface area contributed by atoms with Crippen LogP contribution in [0.25, 0.3) is 0 Å². The molecule has 4 nitrogen and oxygen atoms in total. The van der Waals surface area contributed by atoms with Gasteiger partial charge in [0.2, 0.25) is 0 Å². The first kappa shape index (κ1) is 22.7. The summed E-state index contributed by atoms with van der Waals surface area (Å²) < 4.78 is 5.52. The molecule has 0 aromatic heterocycles. The molecule has 0 aliphatic carbocycles. The SMILES string of the molecule is CCCCCCCCCc1ccc(NC(=O)O[C@H](C)CN2CCCCC2)cc1. The molecule has 0 saturated carbocycles. The lowest BCUT2D eigenvalue weighted by Gasteiger charge is -2.28. The first-order valence-electron chi connectivity index (χ1n) is 11.5. The molecule has 1 aromatic carbocycles. The Morgan fingerprint density at radius 2 is 1.64 bits per heavy atom. The lowest BCUT2D eigenvalue weighted by molar-refractivity contribution is 0.0833. The van der Waals surface area contributed by atoms with E-state index in [0.717, 1.165) is 31.7 Å². The number of aryl methyl sites for hydroxylation is 1. The van der Waals surface area contributed by atoms with Crippen molar-refractivity contribution in [2.24, 2.45) is 0 Å². The average Bonchev–Trinajstić information content (AvgIpc) is 2.69. The molecule has 1 heterocycles. The van der Waals surface area contributed by atoms with Crippen molar-refractivity contribution in [1.29, 1.82) is 0 Å². The number of piperidine rings is 1. The summed E-state index contributed by atoms with van der Waals surface area (Å²) in [4.78, 5) is 14.5.